The van der Waals surface area contributed by atoms with Crippen LogP contribution >= 0.6 is 24.0 Å². The summed E-state index contributed by atoms with van der Waals surface area (Å²) in [6.45, 7) is 8.00. The highest BCUT2D eigenvalue weighted by molar-refractivity contribution is 14.0. The molecule has 0 unspecified atom stereocenters. The van der Waals surface area contributed by atoms with Gasteiger partial charge in [-0.25, -0.2) is 4.99 Å². The molecule has 6 nitrogen and oxygen atoms in total. The smallest absolute Gasteiger partial charge is 0.191 e. The molecule has 1 aliphatic rings. The van der Waals surface area contributed by atoms with Crippen molar-refractivity contribution >= 4 is 29.9 Å². The molecule has 1 aliphatic heterocycles. The summed E-state index contributed by atoms with van der Waals surface area (Å²) < 4.78 is 10.6. The molecule has 1 heterocycles. The van der Waals surface area contributed by atoms with Crippen molar-refractivity contribution in [3.63, 3.8) is 0 Å². The Balaban J connectivity index is 0.00000363. The summed E-state index contributed by atoms with van der Waals surface area (Å²) in [4.78, 5) is 7.33. The highest BCUT2D eigenvalue weighted by Gasteiger charge is 2.20. The highest BCUT2D eigenvalue weighted by atomic mass is 127. The van der Waals surface area contributed by atoms with Crippen molar-refractivity contribution in [2.75, 3.05) is 40.0 Å². The number of halogens is 1. The molecule has 0 atom stereocenters. The Morgan fingerprint density at radius 2 is 1.72 bits per heavy atom. The van der Waals surface area contributed by atoms with Gasteiger partial charge in [-0.15, -0.1) is 24.0 Å². The minimum absolute atomic E-state index is 0. The maximum atomic E-state index is 5.62. The Labute approximate surface area is 209 Å². The van der Waals surface area contributed by atoms with Gasteiger partial charge in [0.15, 0.2) is 5.96 Å². The average Bonchev–Trinajstić information content (AvgIpc) is 2.81. The van der Waals surface area contributed by atoms with Crippen LogP contribution in [0.4, 0.5) is 0 Å². The van der Waals surface area contributed by atoms with E-state index in [0.717, 1.165) is 56.3 Å². The number of benzene rings is 2. The van der Waals surface area contributed by atoms with E-state index in [1.807, 2.05) is 12.1 Å². The number of likely N-dealkylation sites (tertiary alicyclic amines) is 1. The second kappa shape index (κ2) is 15.1. The van der Waals surface area contributed by atoms with Crippen LogP contribution in [-0.2, 0) is 17.8 Å². The van der Waals surface area contributed by atoms with Crippen LogP contribution in [0.15, 0.2) is 59.6 Å². The fourth-order valence-corrected chi connectivity index (χ4v) is 3.69. The molecule has 0 amide bonds. The number of ether oxygens (including phenoxy) is 2. The van der Waals surface area contributed by atoms with Gasteiger partial charge in [0.25, 0.3) is 0 Å². The van der Waals surface area contributed by atoms with Crippen LogP contribution in [-0.4, -0.2) is 56.9 Å². The summed E-state index contributed by atoms with van der Waals surface area (Å²) in [5, 5.41) is 7.01. The number of nitrogens with zero attached hydrogens (tertiary/aromatic N) is 2. The molecular formula is C25H37IN4O2. The van der Waals surface area contributed by atoms with Crippen molar-refractivity contribution in [3.8, 4) is 5.75 Å². The third-order valence-corrected chi connectivity index (χ3v) is 5.42. The molecule has 32 heavy (non-hydrogen) atoms. The van der Waals surface area contributed by atoms with Gasteiger partial charge in [0.2, 0.25) is 0 Å². The van der Waals surface area contributed by atoms with Crippen LogP contribution in [0.3, 0.4) is 0 Å². The zero-order valence-electron chi connectivity index (χ0n) is 19.3. The van der Waals surface area contributed by atoms with Gasteiger partial charge in [0.05, 0.1) is 13.2 Å². The maximum Gasteiger partial charge on any atom is 0.191 e. The third-order valence-electron chi connectivity index (χ3n) is 5.42. The number of hydrogen-bond donors (Lipinski definition) is 2. The quantitative estimate of drug-likeness (QED) is 0.202. The molecule has 2 aromatic carbocycles. The van der Waals surface area contributed by atoms with Crippen LogP contribution in [0.5, 0.6) is 5.75 Å². The van der Waals surface area contributed by atoms with Crippen molar-refractivity contribution in [2.24, 2.45) is 4.99 Å². The molecular weight excluding hydrogens is 515 g/mol. The summed E-state index contributed by atoms with van der Waals surface area (Å²) in [5.41, 5.74) is 2.55. The normalized spacial score (nSPS) is 15.1. The first kappa shape index (κ1) is 26.4. The van der Waals surface area contributed by atoms with E-state index in [0.29, 0.717) is 25.8 Å². The van der Waals surface area contributed by atoms with E-state index >= 15 is 0 Å². The van der Waals surface area contributed by atoms with E-state index in [-0.39, 0.29) is 24.0 Å². The Morgan fingerprint density at radius 1 is 1.00 bits per heavy atom. The summed E-state index contributed by atoms with van der Waals surface area (Å²) in [6, 6.07) is 19.3. The van der Waals surface area contributed by atoms with Crippen molar-refractivity contribution in [3.05, 3.63) is 65.7 Å². The molecule has 0 aliphatic carbocycles. The molecule has 3 rings (SSSR count). The fraction of sp³-hybridized carbons (Fsp3) is 0.480. The molecule has 176 valence electrons. The summed E-state index contributed by atoms with van der Waals surface area (Å²) >= 11 is 0. The SMILES string of the molecule is CCNC(=NCc1ccc(OCCOC)cc1)NC1CCN(Cc2ccccc2)CC1.I. The van der Waals surface area contributed by atoms with Gasteiger partial charge in [-0.2, -0.15) is 0 Å². The van der Waals surface area contributed by atoms with Gasteiger partial charge in [-0.1, -0.05) is 42.5 Å². The first-order valence-electron chi connectivity index (χ1n) is 11.3. The molecule has 0 aromatic heterocycles. The van der Waals surface area contributed by atoms with E-state index in [2.05, 4.69) is 64.9 Å². The predicted octanol–water partition coefficient (Wildman–Crippen LogP) is 4.05. The van der Waals surface area contributed by atoms with Crippen molar-refractivity contribution in [1.29, 1.82) is 0 Å². The Bertz CT molecular complexity index is 778. The Morgan fingerprint density at radius 3 is 2.38 bits per heavy atom. The lowest BCUT2D eigenvalue weighted by molar-refractivity contribution is 0.146. The predicted molar refractivity (Wildman–Crippen MR) is 142 cm³/mol. The monoisotopic (exact) mass is 552 g/mol. The number of nitrogens with one attached hydrogen (secondary N) is 2. The number of methoxy groups -OCH3 is 1. The van der Waals surface area contributed by atoms with E-state index < -0.39 is 0 Å². The number of guanidine groups is 1. The van der Waals surface area contributed by atoms with Crippen LogP contribution in [0, 0.1) is 0 Å². The van der Waals surface area contributed by atoms with Gasteiger partial charge < -0.3 is 20.1 Å². The van der Waals surface area contributed by atoms with E-state index in [9.17, 15) is 0 Å². The number of hydrogen-bond acceptors (Lipinski definition) is 4. The van der Waals surface area contributed by atoms with Crippen LogP contribution in [0.25, 0.3) is 0 Å². The van der Waals surface area contributed by atoms with Gasteiger partial charge in [-0.3, -0.25) is 4.90 Å². The molecule has 2 aromatic rings. The Hall–Kier alpha value is -1.84. The van der Waals surface area contributed by atoms with Gasteiger partial charge >= 0.3 is 0 Å². The lowest BCUT2D eigenvalue weighted by atomic mass is 10.0. The number of aliphatic imine (C=N–C) groups is 1. The molecule has 1 fully saturated rings. The third kappa shape index (κ3) is 9.34. The minimum Gasteiger partial charge on any atom is -0.491 e. The average molecular weight is 553 g/mol. The zero-order chi connectivity index (χ0) is 21.7. The summed E-state index contributed by atoms with van der Waals surface area (Å²) in [6.07, 6.45) is 2.26. The van der Waals surface area contributed by atoms with Crippen LogP contribution < -0.4 is 15.4 Å². The fourth-order valence-electron chi connectivity index (χ4n) is 3.69. The van der Waals surface area contributed by atoms with Gasteiger partial charge in [0.1, 0.15) is 12.4 Å². The first-order valence-corrected chi connectivity index (χ1v) is 11.3. The summed E-state index contributed by atoms with van der Waals surface area (Å²) in [5.74, 6) is 1.75. The second-order valence-electron chi connectivity index (χ2n) is 7.86. The lowest BCUT2D eigenvalue weighted by Gasteiger charge is -2.33. The molecule has 2 N–H and O–H groups in total. The second-order valence-corrected chi connectivity index (χ2v) is 7.86. The van der Waals surface area contributed by atoms with E-state index in [1.54, 1.807) is 7.11 Å². The Kier molecular flexibility index (Phi) is 12.4. The largest absolute Gasteiger partial charge is 0.491 e. The van der Waals surface area contributed by atoms with Gasteiger partial charge in [0, 0.05) is 39.3 Å². The molecule has 0 saturated carbocycles. The van der Waals surface area contributed by atoms with E-state index in [4.69, 9.17) is 14.5 Å². The maximum absolute atomic E-state index is 5.62. The standard InChI is InChI=1S/C25H36N4O2.HI/c1-3-26-25(27-19-21-9-11-24(12-10-21)31-18-17-30-2)28-23-13-15-29(16-14-23)20-22-7-5-4-6-8-22;/h4-12,23H,3,13-20H2,1-2H3,(H2,26,27,28);1H. The minimum atomic E-state index is 0. The number of piperidine rings is 1. The molecule has 0 bridgehead atoms. The molecule has 1 saturated heterocycles. The topological polar surface area (TPSA) is 58.1 Å². The molecule has 0 radical (unpaired) electrons. The molecule has 0 spiro atoms. The van der Waals surface area contributed by atoms with Gasteiger partial charge in [-0.05, 0) is 43.0 Å². The van der Waals surface area contributed by atoms with Crippen molar-refractivity contribution < 1.29 is 9.47 Å². The van der Waals surface area contributed by atoms with Crippen LogP contribution in [0.2, 0.25) is 0 Å². The van der Waals surface area contributed by atoms with Crippen molar-refractivity contribution in [1.82, 2.24) is 15.5 Å². The molecule has 7 heteroatoms. The number of rotatable bonds is 10. The zero-order valence-corrected chi connectivity index (χ0v) is 21.6. The summed E-state index contributed by atoms with van der Waals surface area (Å²) in [7, 11) is 1.68. The van der Waals surface area contributed by atoms with E-state index in [1.165, 1.54) is 5.56 Å². The lowest BCUT2D eigenvalue weighted by Crippen LogP contribution is -2.48. The first-order chi connectivity index (χ1) is 15.3. The van der Waals surface area contributed by atoms with Crippen molar-refractivity contribution in [2.45, 2.75) is 38.9 Å². The highest BCUT2D eigenvalue weighted by Crippen LogP contribution is 2.15. The van der Waals surface area contributed by atoms with Crippen LogP contribution in [0.1, 0.15) is 30.9 Å².